The average Bonchev–Trinajstić information content (AvgIpc) is 3.54. The molecule has 1 aromatic carbocycles. The van der Waals surface area contributed by atoms with Crippen molar-refractivity contribution in [1.82, 2.24) is 15.5 Å². The van der Waals surface area contributed by atoms with E-state index in [1.54, 1.807) is 26.8 Å². The zero-order valence-electron chi connectivity index (χ0n) is 19.6. The number of methoxy groups -OCH3 is 1. The highest BCUT2D eigenvalue weighted by Gasteiger charge is 2.42. The number of hydrogen-bond acceptors (Lipinski definition) is 6. The predicted molar refractivity (Wildman–Crippen MR) is 118 cm³/mol. The van der Waals surface area contributed by atoms with E-state index in [0.717, 1.165) is 24.0 Å². The Morgan fingerprint density at radius 1 is 1.09 bits per heavy atom. The van der Waals surface area contributed by atoms with Crippen LogP contribution in [0.1, 0.15) is 56.3 Å². The highest BCUT2D eigenvalue weighted by molar-refractivity contribution is 5.92. The molecule has 176 valence electrons. The second-order valence-electron chi connectivity index (χ2n) is 8.87. The Morgan fingerprint density at radius 2 is 1.75 bits per heavy atom. The fourth-order valence-electron chi connectivity index (χ4n) is 3.28. The Bertz CT molecular complexity index is 873. The average molecular weight is 448 g/mol. The van der Waals surface area contributed by atoms with E-state index in [9.17, 15) is 19.2 Å². The number of esters is 1. The number of nitrogens with one attached hydrogen (secondary N) is 2. The molecular formula is C23H33N3O6. The van der Waals surface area contributed by atoms with Crippen LogP contribution in [0, 0.1) is 13.8 Å². The van der Waals surface area contributed by atoms with E-state index in [4.69, 9.17) is 4.74 Å². The lowest BCUT2D eigenvalue weighted by Crippen LogP contribution is -2.49. The van der Waals surface area contributed by atoms with Gasteiger partial charge in [0.2, 0.25) is 11.8 Å². The molecule has 0 aliphatic heterocycles. The van der Waals surface area contributed by atoms with Crippen molar-refractivity contribution in [2.45, 2.75) is 65.1 Å². The van der Waals surface area contributed by atoms with E-state index in [-0.39, 0.29) is 19.1 Å². The van der Waals surface area contributed by atoms with Gasteiger partial charge in [0.25, 0.3) is 0 Å². The summed E-state index contributed by atoms with van der Waals surface area (Å²) in [6.45, 7) is 8.39. The van der Waals surface area contributed by atoms with Crippen LogP contribution in [0.5, 0.6) is 0 Å². The summed E-state index contributed by atoms with van der Waals surface area (Å²) >= 11 is 0. The summed E-state index contributed by atoms with van der Waals surface area (Å²) in [4.78, 5) is 51.5. The van der Waals surface area contributed by atoms with Crippen molar-refractivity contribution in [2.75, 3.05) is 20.2 Å². The molecular weight excluding hydrogens is 414 g/mol. The number of aryl methyl sites for hydroxylation is 1. The van der Waals surface area contributed by atoms with Crippen molar-refractivity contribution in [3.8, 4) is 0 Å². The molecule has 0 radical (unpaired) electrons. The molecule has 0 saturated heterocycles. The molecule has 0 spiro atoms. The molecule has 3 amide bonds. The molecule has 9 heteroatoms. The van der Waals surface area contributed by atoms with Gasteiger partial charge in [0.05, 0.1) is 7.11 Å². The standard InChI is InChI=1S/C23H33N3O6/c1-14-8-7-9-17(15(14)2)20(21(29)24-13-19(28)31-6)26(16-10-11-16)18(27)12-25-22(30)32-23(3,4)5/h7-9,16,20H,10-13H2,1-6H3,(H,24,29)(H,25,30). The molecule has 0 bridgehead atoms. The monoisotopic (exact) mass is 447 g/mol. The van der Waals surface area contributed by atoms with E-state index in [1.165, 1.54) is 12.0 Å². The molecule has 1 aromatic rings. The molecule has 32 heavy (non-hydrogen) atoms. The predicted octanol–water partition coefficient (Wildman–Crippen LogP) is 2.15. The number of alkyl carbamates (subject to hydrolysis) is 1. The lowest BCUT2D eigenvalue weighted by molar-refractivity contribution is -0.144. The van der Waals surface area contributed by atoms with Crippen LogP contribution in [0.3, 0.4) is 0 Å². The van der Waals surface area contributed by atoms with E-state index in [2.05, 4.69) is 15.4 Å². The van der Waals surface area contributed by atoms with Gasteiger partial charge in [-0.2, -0.15) is 0 Å². The molecule has 1 aliphatic rings. The van der Waals surface area contributed by atoms with Gasteiger partial charge in [0.15, 0.2) is 0 Å². The summed E-state index contributed by atoms with van der Waals surface area (Å²) in [5.74, 6) is -1.48. The second kappa shape index (κ2) is 10.5. The summed E-state index contributed by atoms with van der Waals surface area (Å²) < 4.78 is 9.80. The molecule has 2 N–H and O–H groups in total. The normalized spacial score (nSPS) is 14.2. The third-order valence-electron chi connectivity index (χ3n) is 5.11. The number of carbonyl (C=O) groups excluding carboxylic acids is 4. The van der Waals surface area contributed by atoms with Crippen molar-refractivity contribution in [3.63, 3.8) is 0 Å². The van der Waals surface area contributed by atoms with Crippen LogP contribution in [-0.4, -0.2) is 60.6 Å². The number of nitrogens with zero attached hydrogens (tertiary/aromatic N) is 1. The Labute approximate surface area is 188 Å². The van der Waals surface area contributed by atoms with Crippen LogP contribution in [0.4, 0.5) is 4.79 Å². The first-order valence-corrected chi connectivity index (χ1v) is 10.6. The highest BCUT2D eigenvalue weighted by atomic mass is 16.6. The Balaban J connectivity index is 2.30. The van der Waals surface area contributed by atoms with Crippen molar-refractivity contribution in [1.29, 1.82) is 0 Å². The van der Waals surface area contributed by atoms with Crippen LogP contribution in [0.2, 0.25) is 0 Å². The van der Waals surface area contributed by atoms with Gasteiger partial charge in [-0.15, -0.1) is 0 Å². The molecule has 1 saturated carbocycles. The minimum atomic E-state index is -0.944. The topological polar surface area (TPSA) is 114 Å². The van der Waals surface area contributed by atoms with E-state index in [0.29, 0.717) is 5.56 Å². The summed E-state index contributed by atoms with van der Waals surface area (Å²) in [6.07, 6.45) is 0.799. The van der Waals surface area contributed by atoms with Crippen molar-refractivity contribution >= 4 is 23.9 Å². The van der Waals surface area contributed by atoms with Crippen molar-refractivity contribution < 1.29 is 28.7 Å². The quantitative estimate of drug-likeness (QED) is 0.590. The molecule has 1 fully saturated rings. The molecule has 1 aliphatic carbocycles. The van der Waals surface area contributed by atoms with Gasteiger partial charge in [-0.25, -0.2) is 4.79 Å². The largest absolute Gasteiger partial charge is 0.468 e. The molecule has 1 unspecified atom stereocenters. The summed E-state index contributed by atoms with van der Waals surface area (Å²) in [5.41, 5.74) is 1.83. The number of hydrogen-bond donors (Lipinski definition) is 2. The van der Waals surface area contributed by atoms with Crippen LogP contribution in [0.15, 0.2) is 18.2 Å². The second-order valence-corrected chi connectivity index (χ2v) is 8.87. The van der Waals surface area contributed by atoms with Crippen molar-refractivity contribution in [2.24, 2.45) is 0 Å². The van der Waals surface area contributed by atoms with E-state index < -0.39 is 35.5 Å². The Morgan fingerprint density at radius 3 is 2.31 bits per heavy atom. The van der Waals surface area contributed by atoms with Gasteiger partial charge < -0.3 is 25.0 Å². The van der Waals surface area contributed by atoms with Gasteiger partial charge in [0.1, 0.15) is 24.7 Å². The maximum atomic E-state index is 13.2. The Kier molecular flexibility index (Phi) is 8.24. The highest BCUT2D eigenvalue weighted by Crippen LogP contribution is 2.36. The molecule has 0 heterocycles. The maximum absolute atomic E-state index is 13.2. The van der Waals surface area contributed by atoms with Crippen LogP contribution in [-0.2, 0) is 23.9 Å². The molecule has 1 atom stereocenters. The summed E-state index contributed by atoms with van der Waals surface area (Å²) in [5, 5.41) is 5.05. The minimum absolute atomic E-state index is 0.128. The number of rotatable bonds is 8. The smallest absolute Gasteiger partial charge is 0.408 e. The first-order valence-electron chi connectivity index (χ1n) is 10.6. The summed E-state index contributed by atoms with van der Waals surface area (Å²) in [6, 6.07) is 4.48. The van der Waals surface area contributed by atoms with Gasteiger partial charge in [-0.3, -0.25) is 14.4 Å². The van der Waals surface area contributed by atoms with Crippen LogP contribution < -0.4 is 10.6 Å². The molecule has 0 aromatic heterocycles. The number of ether oxygens (including phenoxy) is 2. The lowest BCUT2D eigenvalue weighted by atomic mass is 9.95. The fraction of sp³-hybridized carbons (Fsp3) is 0.565. The zero-order valence-corrected chi connectivity index (χ0v) is 19.6. The van der Waals surface area contributed by atoms with E-state index in [1.807, 2.05) is 26.0 Å². The summed E-state index contributed by atoms with van der Waals surface area (Å²) in [7, 11) is 1.24. The third kappa shape index (κ3) is 6.96. The molecule has 2 rings (SSSR count). The maximum Gasteiger partial charge on any atom is 0.408 e. The van der Waals surface area contributed by atoms with Gasteiger partial charge in [-0.1, -0.05) is 18.2 Å². The van der Waals surface area contributed by atoms with Gasteiger partial charge >= 0.3 is 12.1 Å². The van der Waals surface area contributed by atoms with Gasteiger partial charge in [-0.05, 0) is 64.2 Å². The molecule has 9 nitrogen and oxygen atoms in total. The number of benzene rings is 1. The zero-order chi connectivity index (χ0) is 24.1. The minimum Gasteiger partial charge on any atom is -0.468 e. The van der Waals surface area contributed by atoms with E-state index >= 15 is 0 Å². The number of carbonyl (C=O) groups is 4. The lowest BCUT2D eigenvalue weighted by Gasteiger charge is -2.33. The third-order valence-corrected chi connectivity index (χ3v) is 5.11. The SMILES string of the molecule is COC(=O)CNC(=O)C(c1cccc(C)c1C)N(C(=O)CNC(=O)OC(C)(C)C)C1CC1. The Hall–Kier alpha value is -3.10. The van der Waals surface area contributed by atoms with Crippen molar-refractivity contribution in [3.05, 3.63) is 34.9 Å². The van der Waals surface area contributed by atoms with Crippen LogP contribution >= 0.6 is 0 Å². The van der Waals surface area contributed by atoms with Gasteiger partial charge in [0, 0.05) is 6.04 Å². The first kappa shape index (κ1) is 25.2. The van der Waals surface area contributed by atoms with Crippen LogP contribution in [0.25, 0.3) is 0 Å². The fourth-order valence-corrected chi connectivity index (χ4v) is 3.28. The first-order chi connectivity index (χ1) is 14.9. The number of amides is 3.